The van der Waals surface area contributed by atoms with E-state index in [-0.39, 0.29) is 17.6 Å². The van der Waals surface area contributed by atoms with Gasteiger partial charge in [-0.05, 0) is 50.0 Å². The van der Waals surface area contributed by atoms with E-state index in [1.54, 1.807) is 7.11 Å². The Hall–Kier alpha value is -1.59. The molecule has 1 aliphatic heterocycles. The quantitative estimate of drug-likeness (QED) is 0.734. The van der Waals surface area contributed by atoms with Crippen LogP contribution in [0.1, 0.15) is 44.1 Å². The molecular weight excluding hydrogens is 340 g/mol. The van der Waals surface area contributed by atoms with Gasteiger partial charge >= 0.3 is 6.03 Å². The number of rotatable bonds is 8. The van der Waals surface area contributed by atoms with Crippen LogP contribution in [0.2, 0.25) is 0 Å². The van der Waals surface area contributed by atoms with Gasteiger partial charge in [-0.3, -0.25) is 0 Å². The van der Waals surface area contributed by atoms with E-state index in [0.29, 0.717) is 12.5 Å². The maximum atomic E-state index is 12.5. The third kappa shape index (κ3) is 5.45. The number of hydrogen-bond acceptors (Lipinski definition) is 3. The number of aryl methyl sites for hydroxylation is 1. The van der Waals surface area contributed by atoms with Crippen LogP contribution in [0, 0.1) is 11.3 Å². The van der Waals surface area contributed by atoms with Crippen molar-refractivity contribution in [3.63, 3.8) is 0 Å². The second-order valence-corrected chi connectivity index (χ2v) is 8.36. The highest BCUT2D eigenvalue weighted by molar-refractivity contribution is 5.74. The van der Waals surface area contributed by atoms with Crippen molar-refractivity contribution in [1.82, 2.24) is 10.2 Å². The van der Waals surface area contributed by atoms with Crippen molar-refractivity contribution in [3.8, 4) is 0 Å². The molecule has 0 spiro atoms. The van der Waals surface area contributed by atoms with Crippen LogP contribution < -0.4 is 5.32 Å². The standard InChI is InChI=1S/C22H34N2O3/c1-27-17-22(12-5-13-22)16-23-21(26)24-14-10-19(11-15-24)20(25)9-8-18-6-3-2-4-7-18/h2-4,6-7,19-20,25H,5,8-17H2,1H3,(H,23,26). The zero-order valence-electron chi connectivity index (χ0n) is 16.5. The van der Waals surface area contributed by atoms with Crippen LogP contribution in [0.3, 0.4) is 0 Å². The van der Waals surface area contributed by atoms with Crippen LogP contribution in [0.4, 0.5) is 4.79 Å². The minimum absolute atomic E-state index is 0.0367. The molecule has 0 bridgehead atoms. The summed E-state index contributed by atoms with van der Waals surface area (Å²) in [5, 5.41) is 13.7. The number of ether oxygens (including phenoxy) is 1. The Balaban J connectivity index is 1.37. The average molecular weight is 375 g/mol. The van der Waals surface area contributed by atoms with Gasteiger partial charge in [0.25, 0.3) is 0 Å². The number of benzene rings is 1. The van der Waals surface area contributed by atoms with Crippen molar-refractivity contribution in [2.45, 2.75) is 51.0 Å². The number of amides is 2. The first-order valence-electron chi connectivity index (χ1n) is 10.4. The SMILES string of the molecule is COCC1(CNC(=O)N2CCC(C(O)CCc3ccccc3)CC2)CCC1. The van der Waals surface area contributed by atoms with Crippen molar-refractivity contribution >= 4 is 6.03 Å². The molecule has 3 rings (SSSR count). The molecule has 2 fully saturated rings. The van der Waals surface area contributed by atoms with Gasteiger partial charge in [0.05, 0.1) is 12.7 Å². The number of methoxy groups -OCH3 is 1. The fourth-order valence-corrected chi connectivity index (χ4v) is 4.41. The zero-order valence-corrected chi connectivity index (χ0v) is 16.5. The van der Waals surface area contributed by atoms with E-state index in [0.717, 1.165) is 58.2 Å². The summed E-state index contributed by atoms with van der Waals surface area (Å²) in [4.78, 5) is 14.4. The Morgan fingerprint density at radius 2 is 2.00 bits per heavy atom. The van der Waals surface area contributed by atoms with Crippen LogP contribution in [-0.4, -0.2) is 55.5 Å². The van der Waals surface area contributed by atoms with Gasteiger partial charge in [-0.25, -0.2) is 4.79 Å². The number of nitrogens with zero attached hydrogens (tertiary/aromatic N) is 1. The molecule has 1 saturated heterocycles. The number of aliphatic hydroxyl groups excluding tert-OH is 1. The molecule has 2 aliphatic rings. The smallest absolute Gasteiger partial charge is 0.317 e. The van der Waals surface area contributed by atoms with Gasteiger partial charge in [0.1, 0.15) is 0 Å². The highest BCUT2D eigenvalue weighted by Crippen LogP contribution is 2.40. The highest BCUT2D eigenvalue weighted by atomic mass is 16.5. The van der Waals surface area contributed by atoms with E-state index < -0.39 is 0 Å². The molecule has 5 heteroatoms. The second-order valence-electron chi connectivity index (χ2n) is 8.36. The maximum Gasteiger partial charge on any atom is 0.317 e. The van der Waals surface area contributed by atoms with E-state index in [4.69, 9.17) is 4.74 Å². The summed E-state index contributed by atoms with van der Waals surface area (Å²) in [6, 6.07) is 10.4. The van der Waals surface area contributed by atoms with Crippen LogP contribution in [0.25, 0.3) is 0 Å². The van der Waals surface area contributed by atoms with Crippen LogP contribution >= 0.6 is 0 Å². The lowest BCUT2D eigenvalue weighted by Gasteiger charge is -2.42. The van der Waals surface area contributed by atoms with Gasteiger partial charge in [0.15, 0.2) is 0 Å². The topological polar surface area (TPSA) is 61.8 Å². The van der Waals surface area contributed by atoms with Crippen LogP contribution in [0.15, 0.2) is 30.3 Å². The largest absolute Gasteiger partial charge is 0.393 e. The third-order valence-electron chi connectivity index (χ3n) is 6.42. The Morgan fingerprint density at radius 1 is 1.30 bits per heavy atom. The van der Waals surface area contributed by atoms with Crippen molar-refractivity contribution < 1.29 is 14.6 Å². The zero-order chi connectivity index (χ0) is 19.1. The third-order valence-corrected chi connectivity index (χ3v) is 6.42. The number of urea groups is 1. The van der Waals surface area contributed by atoms with Crippen LogP contribution in [-0.2, 0) is 11.2 Å². The minimum atomic E-state index is -0.282. The number of piperidine rings is 1. The number of likely N-dealkylation sites (tertiary alicyclic amines) is 1. The predicted molar refractivity (Wildman–Crippen MR) is 107 cm³/mol. The van der Waals surface area contributed by atoms with E-state index in [1.807, 2.05) is 23.1 Å². The van der Waals surface area contributed by atoms with Crippen molar-refractivity contribution in [2.24, 2.45) is 11.3 Å². The molecule has 150 valence electrons. The van der Waals surface area contributed by atoms with Crippen molar-refractivity contribution in [3.05, 3.63) is 35.9 Å². The first-order valence-corrected chi connectivity index (χ1v) is 10.4. The summed E-state index contributed by atoms with van der Waals surface area (Å²) in [6.45, 7) is 2.90. The molecular formula is C22H34N2O3. The first kappa shape index (κ1) is 20.2. The fourth-order valence-electron chi connectivity index (χ4n) is 4.41. The summed E-state index contributed by atoms with van der Waals surface area (Å²) in [7, 11) is 1.73. The summed E-state index contributed by atoms with van der Waals surface area (Å²) < 4.78 is 5.33. The van der Waals surface area contributed by atoms with Gasteiger partial charge in [0.2, 0.25) is 0 Å². The Kier molecular flexibility index (Phi) is 7.13. The minimum Gasteiger partial charge on any atom is -0.393 e. The summed E-state index contributed by atoms with van der Waals surface area (Å²) in [5.74, 6) is 0.296. The lowest BCUT2D eigenvalue weighted by Crippen LogP contribution is -2.51. The lowest BCUT2D eigenvalue weighted by molar-refractivity contribution is 0.0180. The number of carbonyl (C=O) groups is 1. The fraction of sp³-hybridized carbons (Fsp3) is 0.682. The molecule has 0 aromatic heterocycles. The summed E-state index contributed by atoms with van der Waals surface area (Å²) >= 11 is 0. The molecule has 1 aliphatic carbocycles. The Bertz CT molecular complexity index is 580. The average Bonchev–Trinajstić information content (AvgIpc) is 2.68. The van der Waals surface area contributed by atoms with Gasteiger partial charge in [-0.2, -0.15) is 0 Å². The summed E-state index contributed by atoms with van der Waals surface area (Å²) in [6.07, 6.45) is 6.68. The molecule has 1 aromatic rings. The number of carbonyl (C=O) groups excluding carboxylic acids is 1. The van der Waals surface area contributed by atoms with Crippen molar-refractivity contribution in [2.75, 3.05) is 33.4 Å². The molecule has 1 aromatic carbocycles. The molecule has 2 amide bonds. The second kappa shape index (κ2) is 9.56. The van der Waals surface area contributed by atoms with E-state index in [1.165, 1.54) is 12.0 Å². The van der Waals surface area contributed by atoms with Gasteiger partial charge in [-0.15, -0.1) is 0 Å². The summed E-state index contributed by atoms with van der Waals surface area (Å²) in [5.41, 5.74) is 1.42. The van der Waals surface area contributed by atoms with Crippen LogP contribution in [0.5, 0.6) is 0 Å². The molecule has 0 radical (unpaired) electrons. The molecule has 2 N–H and O–H groups in total. The van der Waals surface area contributed by atoms with E-state index in [9.17, 15) is 9.90 Å². The van der Waals surface area contributed by atoms with Crippen molar-refractivity contribution in [1.29, 1.82) is 0 Å². The Labute approximate surface area is 163 Å². The molecule has 1 saturated carbocycles. The van der Waals surface area contributed by atoms with Gasteiger partial charge in [-0.1, -0.05) is 36.8 Å². The van der Waals surface area contributed by atoms with E-state index in [2.05, 4.69) is 17.4 Å². The number of aliphatic hydroxyl groups is 1. The number of nitrogens with one attached hydrogen (secondary N) is 1. The monoisotopic (exact) mass is 374 g/mol. The highest BCUT2D eigenvalue weighted by Gasteiger charge is 2.37. The van der Waals surface area contributed by atoms with E-state index >= 15 is 0 Å². The van der Waals surface area contributed by atoms with Gasteiger partial charge in [0, 0.05) is 32.2 Å². The number of hydrogen-bond donors (Lipinski definition) is 2. The molecule has 5 nitrogen and oxygen atoms in total. The molecule has 1 heterocycles. The van der Waals surface area contributed by atoms with Gasteiger partial charge < -0.3 is 20.1 Å². The molecule has 1 unspecified atom stereocenters. The first-order chi connectivity index (χ1) is 13.1. The maximum absolute atomic E-state index is 12.5. The molecule has 27 heavy (non-hydrogen) atoms. The predicted octanol–water partition coefficient (Wildman–Crippen LogP) is 3.22. The molecule has 1 atom stereocenters. The lowest BCUT2D eigenvalue weighted by atomic mass is 9.69. The Morgan fingerprint density at radius 3 is 2.59 bits per heavy atom. The normalized spacial score (nSPS) is 20.7.